The molecule has 0 spiro atoms. The van der Waals surface area contributed by atoms with Gasteiger partial charge in [-0.2, -0.15) is 0 Å². The molecule has 4 nitrogen and oxygen atoms in total. The third-order valence-corrected chi connectivity index (χ3v) is 8.09. The fourth-order valence-electron chi connectivity index (χ4n) is 6.39. The van der Waals surface area contributed by atoms with E-state index >= 15 is 0 Å². The minimum atomic E-state index is -0.299. The number of benzene rings is 3. The summed E-state index contributed by atoms with van der Waals surface area (Å²) in [5.41, 5.74) is 5.85. The van der Waals surface area contributed by atoms with Crippen molar-refractivity contribution in [1.29, 1.82) is 0 Å². The number of hydrogen-bond acceptors (Lipinski definition) is 3. The van der Waals surface area contributed by atoms with Crippen LogP contribution >= 0.6 is 0 Å². The van der Waals surface area contributed by atoms with Gasteiger partial charge in [0.1, 0.15) is 12.4 Å². The number of piperidine rings is 1. The van der Waals surface area contributed by atoms with E-state index in [1.54, 1.807) is 19.1 Å². The van der Waals surface area contributed by atoms with Crippen molar-refractivity contribution >= 4 is 11.9 Å². The number of rotatable bonds is 4. The number of carbonyl (C=O) groups excluding carboxylic acids is 2. The summed E-state index contributed by atoms with van der Waals surface area (Å²) in [5, 5.41) is 0. The van der Waals surface area contributed by atoms with Gasteiger partial charge in [-0.25, -0.2) is 9.18 Å². The van der Waals surface area contributed by atoms with Crippen LogP contribution < -0.4 is 0 Å². The second kappa shape index (κ2) is 8.63. The number of ketones is 1. The van der Waals surface area contributed by atoms with Crippen LogP contribution in [-0.4, -0.2) is 35.5 Å². The Hall–Kier alpha value is -3.47. The average Bonchev–Trinajstić information content (AvgIpc) is 3.34. The molecule has 2 atom stereocenters. The Morgan fingerprint density at radius 3 is 2.11 bits per heavy atom. The lowest BCUT2D eigenvalue weighted by molar-refractivity contribution is 0.0506. The van der Waals surface area contributed by atoms with Crippen LogP contribution in [0.5, 0.6) is 0 Å². The first kappa shape index (κ1) is 22.0. The summed E-state index contributed by atoms with van der Waals surface area (Å²) in [6.45, 7) is 1.98. The van der Waals surface area contributed by atoms with Crippen molar-refractivity contribution in [3.8, 4) is 11.1 Å². The van der Waals surface area contributed by atoms with Gasteiger partial charge in [0.15, 0.2) is 5.78 Å². The van der Waals surface area contributed by atoms with E-state index in [4.69, 9.17) is 4.74 Å². The van der Waals surface area contributed by atoms with E-state index in [1.165, 1.54) is 28.3 Å². The first-order valence-electron chi connectivity index (χ1n) is 12.4. The van der Waals surface area contributed by atoms with Gasteiger partial charge in [0.25, 0.3) is 0 Å². The van der Waals surface area contributed by atoms with E-state index in [1.807, 2.05) is 29.2 Å². The third kappa shape index (κ3) is 3.74. The van der Waals surface area contributed by atoms with E-state index in [0.717, 1.165) is 12.8 Å². The van der Waals surface area contributed by atoms with Gasteiger partial charge in [-0.05, 0) is 78.6 Å². The molecule has 0 radical (unpaired) electrons. The fraction of sp³-hybridized carbons (Fsp3) is 0.333. The molecule has 2 aliphatic heterocycles. The summed E-state index contributed by atoms with van der Waals surface area (Å²) in [5.74, 6) is -0.358. The second-order valence-electron chi connectivity index (χ2n) is 10.1. The highest BCUT2D eigenvalue weighted by Gasteiger charge is 2.46. The molecule has 0 saturated carbocycles. The SMILES string of the molecule is Cc1cc(C(=O)C2CC3CCC(C2)N3C(=O)OCC2c3ccccc3-c3ccccc32)ccc1F. The zero-order valence-corrected chi connectivity index (χ0v) is 19.7. The van der Waals surface area contributed by atoms with E-state index in [2.05, 4.69) is 24.3 Å². The lowest BCUT2D eigenvalue weighted by Gasteiger charge is -2.37. The number of hydrogen-bond donors (Lipinski definition) is 0. The van der Waals surface area contributed by atoms with E-state index in [0.29, 0.717) is 30.6 Å². The van der Waals surface area contributed by atoms with E-state index < -0.39 is 0 Å². The van der Waals surface area contributed by atoms with Crippen LogP contribution in [0.15, 0.2) is 66.7 Å². The van der Waals surface area contributed by atoms with Crippen LogP contribution in [0.1, 0.15) is 58.6 Å². The molecule has 5 heteroatoms. The first-order valence-corrected chi connectivity index (χ1v) is 12.4. The van der Waals surface area contributed by atoms with Gasteiger partial charge in [-0.3, -0.25) is 4.79 Å². The topological polar surface area (TPSA) is 46.6 Å². The minimum absolute atomic E-state index is 0.0138. The number of fused-ring (bicyclic) bond motifs is 5. The summed E-state index contributed by atoms with van der Waals surface area (Å²) in [6.07, 6.45) is 2.77. The zero-order valence-electron chi connectivity index (χ0n) is 19.7. The molecule has 1 aliphatic carbocycles. The van der Waals surface area contributed by atoms with Crippen molar-refractivity contribution in [2.24, 2.45) is 5.92 Å². The number of ether oxygens (including phenoxy) is 1. The maximum absolute atomic E-state index is 13.7. The van der Waals surface area contributed by atoms with Crippen molar-refractivity contribution in [3.63, 3.8) is 0 Å². The highest BCUT2D eigenvalue weighted by Crippen LogP contribution is 2.45. The lowest BCUT2D eigenvalue weighted by atomic mass is 9.84. The van der Waals surface area contributed by atoms with Gasteiger partial charge < -0.3 is 9.64 Å². The summed E-state index contributed by atoms with van der Waals surface area (Å²) in [4.78, 5) is 28.3. The predicted octanol–water partition coefficient (Wildman–Crippen LogP) is 6.51. The third-order valence-electron chi connectivity index (χ3n) is 8.09. The summed E-state index contributed by atoms with van der Waals surface area (Å²) < 4.78 is 19.6. The molecule has 3 aromatic rings. The lowest BCUT2D eigenvalue weighted by Crippen LogP contribution is -2.48. The van der Waals surface area contributed by atoms with Crippen LogP contribution in [0.25, 0.3) is 11.1 Å². The summed E-state index contributed by atoms with van der Waals surface area (Å²) in [6, 6.07) is 21.2. The minimum Gasteiger partial charge on any atom is -0.448 e. The molecule has 2 fully saturated rings. The quantitative estimate of drug-likeness (QED) is 0.409. The molecule has 35 heavy (non-hydrogen) atoms. The number of amides is 1. The predicted molar refractivity (Wildman–Crippen MR) is 132 cm³/mol. The van der Waals surface area contributed by atoms with Crippen molar-refractivity contribution in [2.75, 3.05) is 6.61 Å². The van der Waals surface area contributed by atoms with Crippen molar-refractivity contribution in [2.45, 2.75) is 50.6 Å². The van der Waals surface area contributed by atoms with Gasteiger partial charge in [0.05, 0.1) is 0 Å². The molecule has 0 aromatic heterocycles. The molecule has 2 saturated heterocycles. The second-order valence-corrected chi connectivity index (χ2v) is 10.1. The zero-order chi connectivity index (χ0) is 24.1. The Bertz CT molecular complexity index is 1260. The monoisotopic (exact) mass is 469 g/mol. The van der Waals surface area contributed by atoms with Crippen LogP contribution in [0.4, 0.5) is 9.18 Å². The van der Waals surface area contributed by atoms with Gasteiger partial charge in [-0.15, -0.1) is 0 Å². The Labute approximate surface area is 204 Å². The fourth-order valence-corrected chi connectivity index (χ4v) is 6.39. The van der Waals surface area contributed by atoms with Crippen LogP contribution in [0.3, 0.4) is 0 Å². The van der Waals surface area contributed by atoms with Gasteiger partial charge >= 0.3 is 6.09 Å². The maximum atomic E-state index is 13.7. The van der Waals surface area contributed by atoms with E-state index in [-0.39, 0.29) is 41.6 Å². The molecule has 178 valence electrons. The molecule has 3 aliphatic rings. The average molecular weight is 470 g/mol. The Balaban J connectivity index is 1.14. The van der Waals surface area contributed by atoms with Crippen LogP contribution in [0, 0.1) is 18.7 Å². The largest absolute Gasteiger partial charge is 0.448 e. The summed E-state index contributed by atoms with van der Waals surface area (Å²) in [7, 11) is 0. The van der Waals surface area contributed by atoms with Crippen LogP contribution in [-0.2, 0) is 4.74 Å². The van der Waals surface area contributed by atoms with Gasteiger partial charge in [0, 0.05) is 29.5 Å². The molecule has 2 heterocycles. The highest BCUT2D eigenvalue weighted by molar-refractivity contribution is 5.98. The first-order chi connectivity index (χ1) is 17.0. The van der Waals surface area contributed by atoms with Crippen molar-refractivity contribution < 1.29 is 18.7 Å². The van der Waals surface area contributed by atoms with Crippen LogP contribution in [0.2, 0.25) is 0 Å². The number of nitrogens with zero attached hydrogens (tertiary/aromatic N) is 1. The maximum Gasteiger partial charge on any atom is 0.410 e. The molecular formula is C30H28FNO3. The number of Topliss-reactive ketones (excluding diaryl/α,β-unsaturated/α-hetero) is 1. The standard InChI is InChI=1S/C30H28FNO3/c1-18-14-19(10-13-28(18)31)29(33)20-15-21-11-12-22(16-20)32(21)30(34)35-17-27-25-8-4-2-6-23(25)24-7-3-5-9-26(24)27/h2-10,13-14,20-22,27H,11-12,15-17H2,1H3. The Kier molecular flexibility index (Phi) is 5.43. The highest BCUT2D eigenvalue weighted by atomic mass is 19.1. The molecule has 1 amide bonds. The Morgan fingerprint density at radius 1 is 0.914 bits per heavy atom. The molecule has 6 rings (SSSR count). The molecule has 0 N–H and O–H groups in total. The van der Waals surface area contributed by atoms with Gasteiger partial charge in [0.2, 0.25) is 0 Å². The van der Waals surface area contributed by atoms with Crippen molar-refractivity contribution in [3.05, 3.63) is 94.8 Å². The normalized spacial score (nSPS) is 22.6. The molecule has 2 bridgehead atoms. The smallest absolute Gasteiger partial charge is 0.410 e. The Morgan fingerprint density at radius 2 is 1.51 bits per heavy atom. The number of carbonyl (C=O) groups is 2. The summed E-state index contributed by atoms with van der Waals surface area (Å²) >= 11 is 0. The van der Waals surface area contributed by atoms with Gasteiger partial charge in [-0.1, -0.05) is 48.5 Å². The van der Waals surface area contributed by atoms with Crippen molar-refractivity contribution in [1.82, 2.24) is 4.90 Å². The number of aryl methyl sites for hydroxylation is 1. The molecule has 2 unspecified atom stereocenters. The van der Waals surface area contributed by atoms with E-state index in [9.17, 15) is 14.0 Å². The number of halogens is 1. The molecular weight excluding hydrogens is 441 g/mol. The molecule has 3 aromatic carbocycles.